The summed E-state index contributed by atoms with van der Waals surface area (Å²) in [4.78, 5) is 39.5. The van der Waals surface area contributed by atoms with E-state index in [9.17, 15) is 19.5 Å². The molecule has 11 heteroatoms. The normalized spacial score (nSPS) is 21.7. The van der Waals surface area contributed by atoms with Crippen LogP contribution in [-0.4, -0.2) is 61.6 Å². The zero-order valence-electron chi connectivity index (χ0n) is 15.6. The summed E-state index contributed by atoms with van der Waals surface area (Å²) in [6, 6.07) is 9.82. The van der Waals surface area contributed by atoms with Crippen LogP contribution in [-0.2, 0) is 14.3 Å². The van der Waals surface area contributed by atoms with Gasteiger partial charge in [0.2, 0.25) is 0 Å². The number of morpholine rings is 1. The first kappa shape index (κ1) is 20.6. The van der Waals surface area contributed by atoms with Crippen molar-refractivity contribution in [3.63, 3.8) is 0 Å². The van der Waals surface area contributed by atoms with Crippen LogP contribution >= 0.6 is 22.9 Å². The molecule has 3 heterocycles. The van der Waals surface area contributed by atoms with Gasteiger partial charge in [-0.05, 0) is 36.4 Å². The van der Waals surface area contributed by atoms with Gasteiger partial charge in [-0.15, -0.1) is 11.3 Å². The van der Waals surface area contributed by atoms with Crippen LogP contribution < -0.4 is 15.1 Å². The fourth-order valence-electron chi connectivity index (χ4n) is 3.23. The van der Waals surface area contributed by atoms with E-state index < -0.39 is 18.4 Å². The molecular weight excluding hydrogens is 434 g/mol. The Balaban J connectivity index is 1.40. The van der Waals surface area contributed by atoms with Crippen molar-refractivity contribution in [3.8, 4) is 0 Å². The predicted octanol–water partition coefficient (Wildman–Crippen LogP) is 1.84. The average molecular weight is 452 g/mol. The van der Waals surface area contributed by atoms with E-state index in [0.717, 1.165) is 16.2 Å². The van der Waals surface area contributed by atoms with Gasteiger partial charge in [-0.2, -0.15) is 0 Å². The Morgan fingerprint density at radius 3 is 2.60 bits per heavy atom. The Kier molecular flexibility index (Phi) is 5.91. The fourth-order valence-corrected chi connectivity index (χ4v) is 4.19. The van der Waals surface area contributed by atoms with Crippen molar-refractivity contribution >= 4 is 52.2 Å². The number of rotatable bonds is 5. The maximum atomic E-state index is 12.3. The van der Waals surface area contributed by atoms with Crippen molar-refractivity contribution in [2.75, 3.05) is 36.1 Å². The molecule has 2 aliphatic rings. The molecule has 0 saturated carbocycles. The number of aliphatic hydroxyl groups is 1. The summed E-state index contributed by atoms with van der Waals surface area (Å²) < 4.78 is 10.8. The molecule has 2 atom stereocenters. The second kappa shape index (κ2) is 8.60. The van der Waals surface area contributed by atoms with Crippen molar-refractivity contribution in [1.29, 1.82) is 0 Å². The van der Waals surface area contributed by atoms with Gasteiger partial charge >= 0.3 is 6.09 Å². The monoisotopic (exact) mass is 451 g/mol. The molecule has 1 aromatic carbocycles. The zero-order valence-corrected chi connectivity index (χ0v) is 17.2. The van der Waals surface area contributed by atoms with Crippen molar-refractivity contribution < 1.29 is 29.0 Å². The number of halogens is 1. The van der Waals surface area contributed by atoms with Gasteiger partial charge in [0, 0.05) is 12.2 Å². The Bertz CT molecular complexity index is 965. The van der Waals surface area contributed by atoms with E-state index in [0.29, 0.717) is 33.7 Å². The van der Waals surface area contributed by atoms with E-state index in [4.69, 9.17) is 21.1 Å². The molecule has 4 rings (SSSR count). The van der Waals surface area contributed by atoms with E-state index in [2.05, 4.69) is 5.32 Å². The molecule has 9 nitrogen and oxygen atoms in total. The smallest absolute Gasteiger partial charge is 0.417 e. The van der Waals surface area contributed by atoms with Crippen molar-refractivity contribution in [3.05, 3.63) is 45.6 Å². The number of hydrogen-bond acceptors (Lipinski definition) is 7. The number of nitrogens with one attached hydrogen (secondary N) is 1. The van der Waals surface area contributed by atoms with Crippen LogP contribution in [0.3, 0.4) is 0 Å². The van der Waals surface area contributed by atoms with Crippen LogP contribution in [0.25, 0.3) is 0 Å². The summed E-state index contributed by atoms with van der Waals surface area (Å²) in [5.41, 5.74) is 1.09. The third-order valence-electron chi connectivity index (χ3n) is 4.73. The van der Waals surface area contributed by atoms with Gasteiger partial charge in [0.15, 0.2) is 12.3 Å². The van der Waals surface area contributed by atoms with E-state index in [1.807, 2.05) is 0 Å². The Hall–Kier alpha value is -2.66. The van der Waals surface area contributed by atoms with Crippen molar-refractivity contribution in [1.82, 2.24) is 5.32 Å². The van der Waals surface area contributed by atoms with Crippen molar-refractivity contribution in [2.24, 2.45) is 0 Å². The van der Waals surface area contributed by atoms with Crippen LogP contribution in [0.5, 0.6) is 0 Å². The van der Waals surface area contributed by atoms with Gasteiger partial charge in [0.25, 0.3) is 11.8 Å². The summed E-state index contributed by atoms with van der Waals surface area (Å²) >= 11 is 6.95. The van der Waals surface area contributed by atoms with E-state index in [1.165, 1.54) is 0 Å². The molecule has 0 spiro atoms. The molecular formula is C19H18ClN3O6S. The number of thiophene rings is 1. The number of benzene rings is 1. The second-order valence-corrected chi connectivity index (χ2v) is 8.35. The third-order valence-corrected chi connectivity index (χ3v) is 5.96. The van der Waals surface area contributed by atoms with Gasteiger partial charge < -0.3 is 24.8 Å². The lowest BCUT2D eigenvalue weighted by Gasteiger charge is -2.27. The van der Waals surface area contributed by atoms with Gasteiger partial charge in [0.05, 0.1) is 28.1 Å². The number of nitrogens with zero attached hydrogens (tertiary/aromatic N) is 2. The molecule has 30 heavy (non-hydrogen) atoms. The Morgan fingerprint density at radius 2 is 1.93 bits per heavy atom. The summed E-state index contributed by atoms with van der Waals surface area (Å²) in [6.07, 6.45) is -2.94. The maximum absolute atomic E-state index is 12.3. The molecule has 2 saturated heterocycles. The molecule has 2 fully saturated rings. The van der Waals surface area contributed by atoms with Crippen LogP contribution in [0, 0.1) is 0 Å². The SMILES string of the molecule is O=C(NC[C@H]1OC(=O)N(c2ccc(N3CCOCC3=O)cc2)C1O)c1ccc(Cl)s1. The second-order valence-electron chi connectivity index (χ2n) is 6.63. The first-order valence-electron chi connectivity index (χ1n) is 9.13. The molecule has 1 unspecified atom stereocenters. The summed E-state index contributed by atoms with van der Waals surface area (Å²) in [5.74, 6) is -0.509. The Morgan fingerprint density at radius 1 is 1.20 bits per heavy atom. The highest BCUT2D eigenvalue weighted by Crippen LogP contribution is 2.28. The van der Waals surface area contributed by atoms with Crippen LogP contribution in [0.1, 0.15) is 9.67 Å². The number of aliphatic hydroxyl groups excluding tert-OH is 1. The number of amides is 3. The number of hydrogen-bond donors (Lipinski definition) is 2. The minimum absolute atomic E-state index is 0.0317. The minimum Gasteiger partial charge on any atom is -0.439 e. The predicted molar refractivity (Wildman–Crippen MR) is 110 cm³/mol. The van der Waals surface area contributed by atoms with Gasteiger partial charge in [0.1, 0.15) is 6.61 Å². The molecule has 1 aromatic heterocycles. The highest BCUT2D eigenvalue weighted by molar-refractivity contribution is 7.18. The lowest BCUT2D eigenvalue weighted by molar-refractivity contribution is -0.125. The highest BCUT2D eigenvalue weighted by Gasteiger charge is 2.41. The Labute approximate surface area is 180 Å². The maximum Gasteiger partial charge on any atom is 0.417 e. The van der Waals surface area contributed by atoms with Gasteiger partial charge in [-0.1, -0.05) is 11.6 Å². The van der Waals surface area contributed by atoms with Crippen LogP contribution in [0.2, 0.25) is 4.34 Å². The average Bonchev–Trinajstić information content (AvgIpc) is 3.29. The molecule has 2 N–H and O–H groups in total. The topological polar surface area (TPSA) is 108 Å². The molecule has 0 bridgehead atoms. The number of cyclic esters (lactones) is 1. The third kappa shape index (κ3) is 4.12. The van der Waals surface area contributed by atoms with Crippen LogP contribution in [0.15, 0.2) is 36.4 Å². The van der Waals surface area contributed by atoms with E-state index in [1.54, 1.807) is 41.3 Å². The number of ether oxygens (including phenoxy) is 2. The first-order chi connectivity index (χ1) is 14.4. The van der Waals surface area contributed by atoms with Crippen LogP contribution in [0.4, 0.5) is 16.2 Å². The quantitative estimate of drug-likeness (QED) is 0.718. The molecule has 3 amide bonds. The van der Waals surface area contributed by atoms with Gasteiger partial charge in [-0.25, -0.2) is 9.69 Å². The lowest BCUT2D eigenvalue weighted by atomic mass is 10.2. The number of anilines is 2. The summed E-state index contributed by atoms with van der Waals surface area (Å²) in [5, 5.41) is 13.2. The number of carbonyl (C=O) groups excluding carboxylic acids is 3. The molecule has 0 radical (unpaired) electrons. The minimum atomic E-state index is -1.28. The molecule has 2 aromatic rings. The molecule has 158 valence electrons. The van der Waals surface area contributed by atoms with E-state index in [-0.39, 0.29) is 25.0 Å². The molecule has 2 aliphatic heterocycles. The fraction of sp³-hybridized carbons (Fsp3) is 0.316. The zero-order chi connectivity index (χ0) is 21.3. The summed E-state index contributed by atoms with van der Waals surface area (Å²) in [6.45, 7) is 0.877. The van der Waals surface area contributed by atoms with E-state index >= 15 is 0 Å². The largest absolute Gasteiger partial charge is 0.439 e. The summed E-state index contributed by atoms with van der Waals surface area (Å²) in [7, 11) is 0. The van der Waals surface area contributed by atoms with Gasteiger partial charge in [-0.3, -0.25) is 9.59 Å². The standard InChI is InChI=1S/C19H18ClN3O6S/c20-15-6-5-14(30-15)17(25)21-9-13-18(26)23(19(27)29-13)12-3-1-11(2-4-12)22-7-8-28-10-16(22)24/h1-6,13,18,26H,7-10H2,(H,21,25)/t13-,18?/m1/s1. The first-order valence-corrected chi connectivity index (χ1v) is 10.3. The van der Waals surface area contributed by atoms with Crippen molar-refractivity contribution in [2.45, 2.75) is 12.3 Å². The number of carbonyl (C=O) groups is 3. The lowest BCUT2D eigenvalue weighted by Crippen LogP contribution is -2.42. The molecule has 0 aliphatic carbocycles. The highest BCUT2D eigenvalue weighted by atomic mass is 35.5.